The zero-order valence-corrected chi connectivity index (χ0v) is 9.53. The summed E-state index contributed by atoms with van der Waals surface area (Å²) < 4.78 is 1.48. The van der Waals surface area contributed by atoms with E-state index in [0.29, 0.717) is 10.2 Å². The summed E-state index contributed by atoms with van der Waals surface area (Å²) in [6.07, 6.45) is 2.95. The van der Waals surface area contributed by atoms with E-state index in [4.69, 9.17) is 10.9 Å². The summed E-state index contributed by atoms with van der Waals surface area (Å²) in [5.41, 5.74) is 5.77. The predicted octanol–water partition coefficient (Wildman–Crippen LogP) is -0.754. The number of rotatable bonds is 3. The number of nitrogens with zero attached hydrogens (tertiary/aromatic N) is 7. The molecule has 9 nitrogen and oxygen atoms in total. The van der Waals surface area contributed by atoms with Crippen LogP contribution in [0.5, 0.6) is 0 Å². The Morgan fingerprint density at radius 1 is 1.47 bits per heavy atom. The zero-order chi connectivity index (χ0) is 12.3. The summed E-state index contributed by atoms with van der Waals surface area (Å²) in [7, 11) is 1.70. The molecule has 0 aliphatic rings. The molecule has 2 rings (SSSR count). The lowest BCUT2D eigenvalue weighted by Gasteiger charge is -2.03. The summed E-state index contributed by atoms with van der Waals surface area (Å²) >= 11 is 1.17. The number of aryl methyl sites for hydroxylation is 1. The number of amidine groups is 1. The van der Waals surface area contributed by atoms with Gasteiger partial charge in [-0.15, -0.1) is 5.10 Å². The van der Waals surface area contributed by atoms with Gasteiger partial charge in [-0.3, -0.25) is 0 Å². The van der Waals surface area contributed by atoms with E-state index in [-0.39, 0.29) is 11.5 Å². The third kappa shape index (κ3) is 2.30. The molecule has 0 aliphatic heterocycles. The Kier molecular flexibility index (Phi) is 3.14. The average Bonchev–Trinajstić information content (AvgIpc) is 2.75. The van der Waals surface area contributed by atoms with Crippen LogP contribution in [0.3, 0.4) is 0 Å². The number of tetrazole rings is 1. The van der Waals surface area contributed by atoms with Crippen LogP contribution in [-0.4, -0.2) is 41.2 Å². The molecular weight excluding hydrogens is 244 g/mol. The molecule has 0 saturated carbocycles. The van der Waals surface area contributed by atoms with Crippen LogP contribution in [-0.2, 0) is 7.05 Å². The normalized spacial score (nSPS) is 11.7. The molecule has 88 valence electrons. The molecule has 0 spiro atoms. The molecule has 0 fully saturated rings. The maximum Gasteiger partial charge on any atom is 0.215 e. The number of hydrogen-bond donors (Lipinski definition) is 2. The number of aromatic nitrogens is 6. The van der Waals surface area contributed by atoms with Crippen molar-refractivity contribution in [1.82, 2.24) is 30.2 Å². The molecule has 2 aromatic heterocycles. The van der Waals surface area contributed by atoms with E-state index >= 15 is 0 Å². The predicted molar refractivity (Wildman–Crippen MR) is 57.5 cm³/mol. The highest BCUT2D eigenvalue weighted by molar-refractivity contribution is 7.99. The standard InChI is InChI=1S/C7H8N8OS/c1-15-7(11-13-14-15)17-6-4(5(8)12-16)9-2-3-10-6/h2-3,16H,1H3,(H2,8,12). The highest BCUT2D eigenvalue weighted by Crippen LogP contribution is 2.24. The molecule has 3 N–H and O–H groups in total. The lowest BCUT2D eigenvalue weighted by atomic mass is 10.4. The molecule has 0 saturated heterocycles. The number of nitrogens with two attached hydrogens (primary N) is 1. The highest BCUT2D eigenvalue weighted by atomic mass is 32.2. The van der Waals surface area contributed by atoms with Crippen molar-refractivity contribution in [2.24, 2.45) is 17.9 Å². The van der Waals surface area contributed by atoms with E-state index in [1.807, 2.05) is 0 Å². The van der Waals surface area contributed by atoms with Crippen LogP contribution >= 0.6 is 11.8 Å². The molecule has 17 heavy (non-hydrogen) atoms. The lowest BCUT2D eigenvalue weighted by molar-refractivity contribution is 0.318. The third-order valence-corrected chi connectivity index (χ3v) is 2.80. The quantitative estimate of drug-likeness (QED) is 0.316. The summed E-state index contributed by atoms with van der Waals surface area (Å²) in [5.74, 6) is -0.115. The molecule has 0 radical (unpaired) electrons. The SMILES string of the molecule is Cn1nnnc1Sc1nccnc1C(N)=NO. The summed E-state index contributed by atoms with van der Waals surface area (Å²) in [5, 5.41) is 23.5. The Bertz CT molecular complexity index is 552. The van der Waals surface area contributed by atoms with Crippen molar-refractivity contribution >= 4 is 17.6 Å². The minimum Gasteiger partial charge on any atom is -0.409 e. The molecule has 0 aromatic carbocycles. The minimum atomic E-state index is -0.115. The first-order valence-corrected chi connectivity index (χ1v) is 5.23. The van der Waals surface area contributed by atoms with Gasteiger partial charge in [-0.25, -0.2) is 14.6 Å². The van der Waals surface area contributed by atoms with Crippen molar-refractivity contribution in [2.75, 3.05) is 0 Å². The van der Waals surface area contributed by atoms with Crippen LogP contribution in [0.15, 0.2) is 27.7 Å². The van der Waals surface area contributed by atoms with E-state index in [9.17, 15) is 0 Å². The van der Waals surface area contributed by atoms with E-state index in [1.54, 1.807) is 7.05 Å². The van der Waals surface area contributed by atoms with Crippen molar-refractivity contribution in [1.29, 1.82) is 0 Å². The van der Waals surface area contributed by atoms with Crippen LogP contribution in [0.4, 0.5) is 0 Å². The van der Waals surface area contributed by atoms with Crippen molar-refractivity contribution < 1.29 is 5.21 Å². The fourth-order valence-electron chi connectivity index (χ4n) is 1.02. The molecule has 0 bridgehead atoms. The first-order chi connectivity index (χ1) is 8.22. The molecule has 0 unspecified atom stereocenters. The van der Waals surface area contributed by atoms with Gasteiger partial charge >= 0.3 is 0 Å². The second-order valence-electron chi connectivity index (χ2n) is 2.88. The minimum absolute atomic E-state index is 0.115. The van der Waals surface area contributed by atoms with Gasteiger partial charge in [0.15, 0.2) is 5.84 Å². The van der Waals surface area contributed by atoms with E-state index in [0.717, 1.165) is 0 Å². The molecule has 2 aromatic rings. The van der Waals surface area contributed by atoms with Crippen LogP contribution < -0.4 is 5.73 Å². The summed E-state index contributed by atoms with van der Waals surface area (Å²) in [6.45, 7) is 0. The molecule has 0 amide bonds. The molecule has 2 heterocycles. The average molecular weight is 252 g/mol. The first kappa shape index (κ1) is 11.3. The fourth-order valence-corrected chi connectivity index (χ4v) is 1.80. The van der Waals surface area contributed by atoms with Gasteiger partial charge in [0.2, 0.25) is 5.16 Å². The van der Waals surface area contributed by atoms with Crippen LogP contribution in [0, 0.1) is 0 Å². The monoisotopic (exact) mass is 252 g/mol. The summed E-state index contributed by atoms with van der Waals surface area (Å²) in [4.78, 5) is 8.07. The Morgan fingerprint density at radius 2 is 2.24 bits per heavy atom. The lowest BCUT2D eigenvalue weighted by Crippen LogP contribution is -2.16. The van der Waals surface area contributed by atoms with Gasteiger partial charge in [0, 0.05) is 19.4 Å². The molecular formula is C7H8N8OS. The van der Waals surface area contributed by atoms with E-state index in [2.05, 4.69) is 30.6 Å². The van der Waals surface area contributed by atoms with Crippen LogP contribution in [0.2, 0.25) is 0 Å². The van der Waals surface area contributed by atoms with Gasteiger partial charge < -0.3 is 10.9 Å². The second-order valence-corrected chi connectivity index (χ2v) is 3.84. The molecule has 10 heteroatoms. The topological polar surface area (TPSA) is 128 Å². The maximum absolute atomic E-state index is 8.63. The second kappa shape index (κ2) is 4.74. The van der Waals surface area contributed by atoms with Crippen LogP contribution in [0.25, 0.3) is 0 Å². The summed E-state index contributed by atoms with van der Waals surface area (Å²) in [6, 6.07) is 0. The Hall–Kier alpha value is -2.23. The number of oxime groups is 1. The van der Waals surface area contributed by atoms with Gasteiger partial charge in [0.1, 0.15) is 10.7 Å². The van der Waals surface area contributed by atoms with Crippen molar-refractivity contribution in [3.63, 3.8) is 0 Å². The Morgan fingerprint density at radius 3 is 2.88 bits per heavy atom. The number of hydrogen-bond acceptors (Lipinski definition) is 8. The molecule has 0 aliphatic carbocycles. The fraction of sp³-hybridized carbons (Fsp3) is 0.143. The van der Waals surface area contributed by atoms with Gasteiger partial charge in [0.05, 0.1) is 0 Å². The largest absolute Gasteiger partial charge is 0.409 e. The Balaban J connectivity index is 2.36. The van der Waals surface area contributed by atoms with Crippen molar-refractivity contribution in [3.05, 3.63) is 18.1 Å². The van der Waals surface area contributed by atoms with E-state index < -0.39 is 0 Å². The van der Waals surface area contributed by atoms with Gasteiger partial charge in [0.25, 0.3) is 0 Å². The molecule has 0 atom stereocenters. The van der Waals surface area contributed by atoms with Gasteiger partial charge in [-0.05, 0) is 22.2 Å². The van der Waals surface area contributed by atoms with Gasteiger partial charge in [-0.1, -0.05) is 5.16 Å². The smallest absolute Gasteiger partial charge is 0.215 e. The third-order valence-electron chi connectivity index (χ3n) is 1.78. The van der Waals surface area contributed by atoms with Crippen molar-refractivity contribution in [2.45, 2.75) is 10.2 Å². The first-order valence-electron chi connectivity index (χ1n) is 4.41. The highest BCUT2D eigenvalue weighted by Gasteiger charge is 2.14. The van der Waals surface area contributed by atoms with Gasteiger partial charge in [-0.2, -0.15) is 0 Å². The zero-order valence-electron chi connectivity index (χ0n) is 8.72. The Labute approximate surface area is 99.7 Å². The van der Waals surface area contributed by atoms with Crippen LogP contribution in [0.1, 0.15) is 5.69 Å². The maximum atomic E-state index is 8.63. The van der Waals surface area contributed by atoms with E-state index in [1.165, 1.54) is 28.8 Å². The van der Waals surface area contributed by atoms with Crippen molar-refractivity contribution in [3.8, 4) is 0 Å².